The van der Waals surface area contributed by atoms with Crippen LogP contribution in [0.15, 0.2) is 18.2 Å². The molecule has 1 rings (SSSR count). The van der Waals surface area contributed by atoms with Crippen molar-refractivity contribution < 1.29 is 15.9 Å². The Balaban J connectivity index is 3.44. The molecule has 17 heavy (non-hydrogen) atoms. The first-order valence-corrected chi connectivity index (χ1v) is 5.03. The lowest BCUT2D eigenvalue weighted by molar-refractivity contribution is -0.138. The Morgan fingerprint density at radius 2 is 1.94 bits per heavy atom. The number of nitrogens with zero attached hydrogens (tertiary/aromatic N) is 1. The maximum absolute atomic E-state index is 12.8. The summed E-state index contributed by atoms with van der Waals surface area (Å²) in [5.41, 5.74) is -2.41. The second kappa shape index (κ2) is 4.40. The van der Waals surface area contributed by atoms with E-state index in [2.05, 4.69) is 0 Å². The van der Waals surface area contributed by atoms with E-state index in [1.165, 1.54) is 32.9 Å². The molecule has 0 aliphatic rings. The highest BCUT2D eigenvalue weighted by atomic mass is 19.4. The third-order valence-electron chi connectivity index (χ3n) is 2.28. The fraction of sp³-hybridized carbons (Fsp3) is 0.462. The summed E-state index contributed by atoms with van der Waals surface area (Å²) in [4.78, 5) is 0. The summed E-state index contributed by atoms with van der Waals surface area (Å²) in [5, 5.41) is 8.96. The van der Waals surface area contributed by atoms with E-state index < -0.39 is 23.5 Å². The highest BCUT2D eigenvalue weighted by molar-refractivity contribution is 5.34. The smallest absolute Gasteiger partial charge is 0.198 e. The first kappa shape index (κ1) is 10.6. The number of aryl methyl sites for hydroxylation is 1. The van der Waals surface area contributed by atoms with Crippen LogP contribution in [0.3, 0.4) is 0 Å². The minimum atomic E-state index is -4.53. The van der Waals surface area contributed by atoms with Crippen molar-refractivity contribution in [2.75, 3.05) is 0 Å². The molecule has 1 aromatic carbocycles. The maximum atomic E-state index is 12.8. The van der Waals surface area contributed by atoms with E-state index in [1.807, 2.05) is 0 Å². The van der Waals surface area contributed by atoms with Gasteiger partial charge in [0.05, 0.1) is 17.0 Å². The van der Waals surface area contributed by atoms with Gasteiger partial charge in [-0.15, -0.1) is 0 Å². The maximum Gasteiger partial charge on any atom is 0.416 e. The van der Waals surface area contributed by atoms with Crippen molar-refractivity contribution in [1.29, 1.82) is 5.26 Å². The molecule has 0 spiro atoms. The predicted molar refractivity (Wildman–Crippen MR) is 59.3 cm³/mol. The summed E-state index contributed by atoms with van der Waals surface area (Å²) in [6, 6.07) is 5.10. The molecule has 1 aromatic rings. The van der Waals surface area contributed by atoms with Gasteiger partial charge in [-0.25, -0.2) is 0 Å². The van der Waals surface area contributed by atoms with Crippen LogP contribution >= 0.6 is 0 Å². The van der Waals surface area contributed by atoms with Crippen molar-refractivity contribution in [3.05, 3.63) is 34.9 Å². The topological polar surface area (TPSA) is 23.8 Å². The predicted octanol–water partition coefficient (Wildman–Crippen LogP) is 4.11. The van der Waals surface area contributed by atoms with Gasteiger partial charge in [-0.1, -0.05) is 12.1 Å². The van der Waals surface area contributed by atoms with Gasteiger partial charge in [-0.2, -0.15) is 18.4 Å². The molecule has 0 aromatic heterocycles. The molecule has 1 nitrogen and oxygen atoms in total. The number of rotatable bonds is 2. The molecule has 0 unspecified atom stereocenters. The average molecular weight is 243 g/mol. The fourth-order valence-electron chi connectivity index (χ4n) is 1.39. The molecule has 0 N–H and O–H groups in total. The lowest BCUT2D eigenvalue weighted by atomic mass is 9.86. The minimum absolute atomic E-state index is 0.0295. The van der Waals surface area contributed by atoms with Gasteiger partial charge < -0.3 is 0 Å². The lowest BCUT2D eigenvalue weighted by Crippen LogP contribution is -2.14. The Labute approximate surface area is 102 Å². The van der Waals surface area contributed by atoms with E-state index >= 15 is 0 Å². The summed E-state index contributed by atoms with van der Waals surface area (Å²) in [7, 11) is 0. The molecule has 0 bridgehead atoms. The quantitative estimate of drug-likeness (QED) is 0.767. The molecule has 0 aliphatic carbocycles. The van der Waals surface area contributed by atoms with Crippen LogP contribution in [-0.2, 0) is 12.5 Å². The number of alkyl halides is 3. The molecular weight excluding hydrogens is 227 g/mol. The number of nitriles is 1. The molecule has 0 saturated heterocycles. The van der Waals surface area contributed by atoms with Gasteiger partial charge in [0.25, 0.3) is 0 Å². The third-order valence-corrected chi connectivity index (χ3v) is 2.28. The monoisotopic (exact) mass is 243 g/mol. The van der Waals surface area contributed by atoms with Gasteiger partial charge in [0, 0.05) is 2.74 Å². The second-order valence-electron chi connectivity index (χ2n) is 4.39. The molecular formula is C13H14F3N. The van der Waals surface area contributed by atoms with Crippen molar-refractivity contribution >= 4 is 0 Å². The normalized spacial score (nSPS) is 14.9. The van der Waals surface area contributed by atoms with Gasteiger partial charge in [-0.05, 0) is 44.3 Å². The van der Waals surface area contributed by atoms with E-state index in [4.69, 9.17) is 8.00 Å². The van der Waals surface area contributed by atoms with Crippen LogP contribution in [0, 0.1) is 23.7 Å². The zero-order chi connectivity index (χ0) is 15.1. The molecule has 0 heterocycles. The van der Waals surface area contributed by atoms with Crippen LogP contribution in [0.5, 0.6) is 0 Å². The SMILES string of the molecule is [2H]C([2H])(c1ccc(C)c(C(F)(F)F)c1)C(C)(C)C#N. The van der Waals surface area contributed by atoms with Crippen molar-refractivity contribution in [3.8, 4) is 6.07 Å². The molecule has 4 heteroatoms. The largest absolute Gasteiger partial charge is 0.416 e. The minimum Gasteiger partial charge on any atom is -0.198 e. The molecule has 0 radical (unpaired) electrons. The van der Waals surface area contributed by atoms with Gasteiger partial charge in [0.2, 0.25) is 0 Å². The van der Waals surface area contributed by atoms with Crippen molar-refractivity contribution in [3.63, 3.8) is 0 Å². The molecule has 0 amide bonds. The molecule has 0 aliphatic heterocycles. The Morgan fingerprint density at radius 3 is 2.41 bits per heavy atom. The fourth-order valence-corrected chi connectivity index (χ4v) is 1.39. The first-order chi connectivity index (χ1) is 8.43. The van der Waals surface area contributed by atoms with E-state index in [0.29, 0.717) is 0 Å². The standard InChI is InChI=1S/C13H14F3N/c1-9-4-5-10(7-12(2,3)8-17)6-11(9)13(14,15)16/h4-6H,7H2,1-3H3/i7D2. The van der Waals surface area contributed by atoms with Gasteiger partial charge in [-0.3, -0.25) is 0 Å². The van der Waals surface area contributed by atoms with Crippen molar-refractivity contribution in [2.45, 2.75) is 33.3 Å². The van der Waals surface area contributed by atoms with E-state index in [0.717, 1.165) is 6.07 Å². The van der Waals surface area contributed by atoms with Crippen LogP contribution in [0.1, 0.15) is 33.3 Å². The van der Waals surface area contributed by atoms with Crippen LogP contribution in [-0.4, -0.2) is 0 Å². The summed E-state index contributed by atoms with van der Waals surface area (Å²) in [6.07, 6.45) is -6.71. The Kier molecular flexibility index (Phi) is 2.76. The van der Waals surface area contributed by atoms with Crippen LogP contribution < -0.4 is 0 Å². The first-order valence-electron chi connectivity index (χ1n) is 6.03. The van der Waals surface area contributed by atoms with Gasteiger partial charge >= 0.3 is 6.18 Å². The van der Waals surface area contributed by atoms with Gasteiger partial charge in [0.15, 0.2) is 0 Å². The Morgan fingerprint density at radius 1 is 1.35 bits per heavy atom. The van der Waals surface area contributed by atoms with E-state index in [-0.39, 0.29) is 11.1 Å². The average Bonchev–Trinajstić information content (AvgIpc) is 2.27. The summed E-state index contributed by atoms with van der Waals surface area (Å²) in [5.74, 6) is 0. The van der Waals surface area contributed by atoms with Crippen molar-refractivity contribution in [2.24, 2.45) is 5.41 Å². The number of hydrogen-bond donors (Lipinski definition) is 0. The summed E-state index contributed by atoms with van der Waals surface area (Å²) >= 11 is 0. The highest BCUT2D eigenvalue weighted by Gasteiger charge is 2.32. The highest BCUT2D eigenvalue weighted by Crippen LogP contribution is 2.33. The van der Waals surface area contributed by atoms with E-state index in [1.54, 1.807) is 6.07 Å². The molecule has 92 valence electrons. The Hall–Kier alpha value is -1.50. The molecule has 0 fully saturated rings. The number of benzene rings is 1. The second-order valence-corrected chi connectivity index (χ2v) is 4.39. The van der Waals surface area contributed by atoms with Crippen LogP contribution in [0.25, 0.3) is 0 Å². The van der Waals surface area contributed by atoms with Crippen molar-refractivity contribution in [1.82, 2.24) is 0 Å². The molecule has 0 atom stereocenters. The lowest BCUT2D eigenvalue weighted by Gasteiger charge is -2.17. The zero-order valence-electron chi connectivity index (χ0n) is 11.8. The van der Waals surface area contributed by atoms with Crippen LogP contribution in [0.2, 0.25) is 0 Å². The van der Waals surface area contributed by atoms with Gasteiger partial charge in [0.1, 0.15) is 0 Å². The Bertz CT molecular complexity index is 528. The number of hydrogen-bond acceptors (Lipinski definition) is 1. The zero-order valence-corrected chi connectivity index (χ0v) is 9.81. The summed E-state index contributed by atoms with van der Waals surface area (Å²) < 4.78 is 54.3. The van der Waals surface area contributed by atoms with E-state index in [9.17, 15) is 13.2 Å². The van der Waals surface area contributed by atoms with Crippen LogP contribution in [0.4, 0.5) is 13.2 Å². The molecule has 0 saturated carbocycles. The number of halogens is 3. The third kappa shape index (κ3) is 3.48. The summed E-state index contributed by atoms with van der Waals surface area (Å²) in [6.45, 7) is 4.04.